The highest BCUT2D eigenvalue weighted by molar-refractivity contribution is 6.10. The quantitative estimate of drug-likeness (QED) is 0.342. The van der Waals surface area contributed by atoms with E-state index in [2.05, 4.69) is 16.0 Å². The Balaban J connectivity index is 1.43. The second-order valence-electron chi connectivity index (χ2n) is 8.07. The highest BCUT2D eigenvalue weighted by Crippen LogP contribution is 2.18. The largest absolute Gasteiger partial charge is 0.348 e. The standard InChI is InChI=1S/C29H25N3O3/c1-20-14-16-21(17-15-20)19-30-29(35)25-12-5-6-13-26(25)32-28(34)23-10-7-11-24(18-23)31-27(33)22-8-3-2-4-9-22/h2-18H,19H2,1H3,(H,30,35)(H,31,33)(H,32,34). The van der Waals surface area contributed by atoms with Gasteiger partial charge in [0.2, 0.25) is 0 Å². The maximum absolute atomic E-state index is 13.0. The Kier molecular flexibility index (Phi) is 7.33. The summed E-state index contributed by atoms with van der Waals surface area (Å²) in [5.74, 6) is -0.941. The minimum Gasteiger partial charge on any atom is -0.348 e. The topological polar surface area (TPSA) is 87.3 Å². The summed E-state index contributed by atoms with van der Waals surface area (Å²) in [6, 6.07) is 30.2. The number of hydrogen-bond donors (Lipinski definition) is 3. The number of benzene rings is 4. The summed E-state index contributed by atoms with van der Waals surface area (Å²) in [5.41, 5.74) is 4.27. The number of amides is 3. The van der Waals surface area contributed by atoms with Crippen molar-refractivity contribution in [2.75, 3.05) is 10.6 Å². The second kappa shape index (κ2) is 10.9. The van der Waals surface area contributed by atoms with E-state index in [-0.39, 0.29) is 17.7 Å². The van der Waals surface area contributed by atoms with Crippen molar-refractivity contribution >= 4 is 29.1 Å². The number of nitrogens with one attached hydrogen (secondary N) is 3. The Labute approximate surface area is 204 Å². The van der Waals surface area contributed by atoms with Crippen LogP contribution in [0.3, 0.4) is 0 Å². The molecule has 174 valence electrons. The fourth-order valence-electron chi connectivity index (χ4n) is 3.50. The van der Waals surface area contributed by atoms with Crippen molar-refractivity contribution in [2.24, 2.45) is 0 Å². The van der Waals surface area contributed by atoms with Crippen LogP contribution < -0.4 is 16.0 Å². The van der Waals surface area contributed by atoms with Gasteiger partial charge in [-0.25, -0.2) is 0 Å². The molecule has 0 aliphatic rings. The molecule has 6 heteroatoms. The van der Waals surface area contributed by atoms with Gasteiger partial charge in [-0.2, -0.15) is 0 Å². The molecule has 0 aliphatic heterocycles. The van der Waals surface area contributed by atoms with Gasteiger partial charge in [0, 0.05) is 23.4 Å². The van der Waals surface area contributed by atoms with Crippen molar-refractivity contribution in [3.8, 4) is 0 Å². The third-order valence-corrected chi connectivity index (χ3v) is 5.41. The van der Waals surface area contributed by atoms with Gasteiger partial charge in [0.15, 0.2) is 0 Å². The number of carbonyl (C=O) groups excluding carboxylic acids is 3. The lowest BCUT2D eigenvalue weighted by Gasteiger charge is -2.12. The molecule has 3 amide bonds. The minimum absolute atomic E-state index is 0.265. The molecule has 0 fully saturated rings. The molecule has 0 saturated carbocycles. The molecule has 4 aromatic rings. The molecule has 0 unspecified atom stereocenters. The van der Waals surface area contributed by atoms with Crippen LogP contribution in [0.2, 0.25) is 0 Å². The zero-order valence-electron chi connectivity index (χ0n) is 19.2. The fraction of sp³-hybridized carbons (Fsp3) is 0.0690. The molecule has 35 heavy (non-hydrogen) atoms. The molecule has 0 heterocycles. The normalized spacial score (nSPS) is 10.3. The van der Waals surface area contributed by atoms with Crippen molar-refractivity contribution in [1.29, 1.82) is 0 Å². The van der Waals surface area contributed by atoms with Gasteiger partial charge in [0.1, 0.15) is 0 Å². The van der Waals surface area contributed by atoms with Gasteiger partial charge in [-0.15, -0.1) is 0 Å². The number of rotatable bonds is 7. The predicted molar refractivity (Wildman–Crippen MR) is 138 cm³/mol. The van der Waals surface area contributed by atoms with Crippen LogP contribution in [0, 0.1) is 6.92 Å². The molecule has 4 aromatic carbocycles. The summed E-state index contributed by atoms with van der Waals surface area (Å²) in [7, 11) is 0. The van der Waals surface area contributed by atoms with Crippen LogP contribution in [0.5, 0.6) is 0 Å². The average molecular weight is 464 g/mol. The Bertz CT molecular complexity index is 1350. The van der Waals surface area contributed by atoms with Crippen LogP contribution in [-0.2, 0) is 6.54 Å². The van der Waals surface area contributed by atoms with Gasteiger partial charge in [-0.05, 0) is 55.0 Å². The summed E-state index contributed by atoms with van der Waals surface area (Å²) < 4.78 is 0. The summed E-state index contributed by atoms with van der Waals surface area (Å²) in [5, 5.41) is 8.51. The van der Waals surface area contributed by atoms with E-state index >= 15 is 0 Å². The van der Waals surface area contributed by atoms with E-state index in [9.17, 15) is 14.4 Å². The summed E-state index contributed by atoms with van der Waals surface area (Å²) in [4.78, 5) is 38.2. The van der Waals surface area contributed by atoms with Gasteiger partial charge in [-0.1, -0.05) is 66.2 Å². The van der Waals surface area contributed by atoms with Crippen LogP contribution in [0.4, 0.5) is 11.4 Å². The number of carbonyl (C=O) groups is 3. The zero-order chi connectivity index (χ0) is 24.6. The molecule has 6 nitrogen and oxygen atoms in total. The minimum atomic E-state index is -0.389. The Morgan fingerprint density at radius 2 is 1.29 bits per heavy atom. The lowest BCUT2D eigenvalue weighted by molar-refractivity contribution is 0.0951. The van der Waals surface area contributed by atoms with E-state index in [0.717, 1.165) is 11.1 Å². The monoisotopic (exact) mass is 463 g/mol. The van der Waals surface area contributed by atoms with Crippen molar-refractivity contribution in [3.63, 3.8) is 0 Å². The lowest BCUT2D eigenvalue weighted by Crippen LogP contribution is -2.25. The Hall–Kier alpha value is -4.71. The van der Waals surface area contributed by atoms with E-state index in [4.69, 9.17) is 0 Å². The van der Waals surface area contributed by atoms with Crippen molar-refractivity contribution in [2.45, 2.75) is 13.5 Å². The van der Waals surface area contributed by atoms with Crippen LogP contribution in [0.1, 0.15) is 42.2 Å². The average Bonchev–Trinajstić information content (AvgIpc) is 2.89. The Morgan fingerprint density at radius 3 is 2.06 bits per heavy atom. The lowest BCUT2D eigenvalue weighted by atomic mass is 10.1. The van der Waals surface area contributed by atoms with Gasteiger partial charge < -0.3 is 16.0 Å². The first kappa shape index (κ1) is 23.4. The van der Waals surface area contributed by atoms with Crippen molar-refractivity contribution < 1.29 is 14.4 Å². The molecule has 0 atom stereocenters. The third kappa shape index (κ3) is 6.21. The van der Waals surface area contributed by atoms with Crippen LogP contribution in [0.15, 0.2) is 103 Å². The molecule has 0 saturated heterocycles. The highest BCUT2D eigenvalue weighted by atomic mass is 16.2. The first-order chi connectivity index (χ1) is 17.0. The van der Waals surface area contributed by atoms with Crippen LogP contribution in [0.25, 0.3) is 0 Å². The van der Waals surface area contributed by atoms with Crippen LogP contribution in [-0.4, -0.2) is 17.7 Å². The maximum Gasteiger partial charge on any atom is 0.255 e. The molecular weight excluding hydrogens is 438 g/mol. The van der Waals surface area contributed by atoms with Crippen molar-refractivity contribution in [1.82, 2.24) is 5.32 Å². The molecular formula is C29H25N3O3. The highest BCUT2D eigenvalue weighted by Gasteiger charge is 2.15. The Morgan fingerprint density at radius 1 is 0.629 bits per heavy atom. The maximum atomic E-state index is 13.0. The first-order valence-corrected chi connectivity index (χ1v) is 11.2. The van der Waals surface area contributed by atoms with Gasteiger partial charge in [0.05, 0.1) is 11.3 Å². The smallest absolute Gasteiger partial charge is 0.255 e. The van der Waals surface area contributed by atoms with Gasteiger partial charge in [-0.3, -0.25) is 14.4 Å². The number of para-hydroxylation sites is 1. The number of hydrogen-bond acceptors (Lipinski definition) is 3. The van der Waals surface area contributed by atoms with Crippen LogP contribution >= 0.6 is 0 Å². The molecule has 0 bridgehead atoms. The van der Waals surface area contributed by atoms with E-state index in [1.165, 1.54) is 0 Å². The summed E-state index contributed by atoms with van der Waals surface area (Å²) in [6.45, 7) is 2.39. The predicted octanol–water partition coefficient (Wildman–Crippen LogP) is 5.43. The third-order valence-electron chi connectivity index (χ3n) is 5.41. The molecule has 0 aromatic heterocycles. The van der Waals surface area contributed by atoms with Gasteiger partial charge >= 0.3 is 0 Å². The summed E-state index contributed by atoms with van der Waals surface area (Å²) >= 11 is 0. The van der Waals surface area contributed by atoms with Crippen molar-refractivity contribution in [3.05, 3.63) is 131 Å². The molecule has 4 rings (SSSR count). The van der Waals surface area contributed by atoms with E-state index in [1.54, 1.807) is 72.8 Å². The van der Waals surface area contributed by atoms with Gasteiger partial charge in [0.25, 0.3) is 17.7 Å². The molecule has 0 radical (unpaired) electrons. The van der Waals surface area contributed by atoms with E-state index in [1.807, 2.05) is 37.3 Å². The van der Waals surface area contributed by atoms with E-state index < -0.39 is 0 Å². The summed E-state index contributed by atoms with van der Waals surface area (Å²) in [6.07, 6.45) is 0. The molecule has 0 aliphatic carbocycles. The number of aryl methyl sites for hydroxylation is 1. The first-order valence-electron chi connectivity index (χ1n) is 11.2. The zero-order valence-corrected chi connectivity index (χ0v) is 19.2. The SMILES string of the molecule is Cc1ccc(CNC(=O)c2ccccc2NC(=O)c2cccc(NC(=O)c3ccccc3)c2)cc1. The van der Waals surface area contributed by atoms with E-state index in [0.29, 0.717) is 34.6 Å². The number of anilines is 2. The second-order valence-corrected chi connectivity index (χ2v) is 8.07. The molecule has 3 N–H and O–H groups in total. The molecule has 0 spiro atoms. The fourth-order valence-corrected chi connectivity index (χ4v) is 3.50.